The quantitative estimate of drug-likeness (QED) is 0.913. The van der Waals surface area contributed by atoms with Crippen LogP contribution < -0.4 is 5.32 Å². The van der Waals surface area contributed by atoms with E-state index in [1.807, 2.05) is 10.3 Å². The van der Waals surface area contributed by atoms with Crippen LogP contribution >= 0.6 is 11.3 Å². The average molecular weight is 359 g/mol. The second-order valence-corrected chi connectivity index (χ2v) is 7.92. The molecule has 2 bridgehead atoms. The van der Waals surface area contributed by atoms with Crippen molar-refractivity contribution in [3.8, 4) is 0 Å². The number of hydrogen-bond acceptors (Lipinski definition) is 4. The van der Waals surface area contributed by atoms with Crippen molar-refractivity contribution >= 4 is 17.2 Å². The van der Waals surface area contributed by atoms with E-state index in [9.17, 15) is 9.18 Å². The first kappa shape index (κ1) is 16.7. The summed E-state index contributed by atoms with van der Waals surface area (Å²) in [6, 6.07) is 7.54. The fourth-order valence-electron chi connectivity index (χ4n) is 3.72. The third-order valence-electron chi connectivity index (χ3n) is 5.08. The number of fused-ring (bicyclic) bond motifs is 2. The molecular formula is C19H22FN3OS. The first-order valence-corrected chi connectivity index (χ1v) is 9.75. The zero-order valence-corrected chi connectivity index (χ0v) is 14.9. The molecule has 2 fully saturated rings. The molecule has 132 valence electrons. The fraction of sp³-hybridized carbons (Fsp3) is 0.474. The van der Waals surface area contributed by atoms with Gasteiger partial charge in [-0.05, 0) is 37.0 Å². The van der Waals surface area contributed by atoms with Gasteiger partial charge >= 0.3 is 0 Å². The number of benzene rings is 1. The number of nitrogens with zero attached hydrogens (tertiary/aromatic N) is 2. The molecule has 2 aliphatic heterocycles. The number of amides is 1. The highest BCUT2D eigenvalue weighted by Gasteiger charge is 2.31. The van der Waals surface area contributed by atoms with Crippen molar-refractivity contribution in [3.63, 3.8) is 0 Å². The third-order valence-corrected chi connectivity index (χ3v) is 5.97. The summed E-state index contributed by atoms with van der Waals surface area (Å²) >= 11 is 1.57. The lowest BCUT2D eigenvalue weighted by Gasteiger charge is -2.24. The van der Waals surface area contributed by atoms with Gasteiger partial charge in [0.1, 0.15) is 5.82 Å². The van der Waals surface area contributed by atoms with E-state index in [-0.39, 0.29) is 11.7 Å². The van der Waals surface area contributed by atoms with E-state index in [2.05, 4.69) is 10.3 Å². The molecule has 3 heterocycles. The van der Waals surface area contributed by atoms with Gasteiger partial charge in [0.15, 0.2) is 0 Å². The number of halogens is 1. The summed E-state index contributed by atoms with van der Waals surface area (Å²) < 4.78 is 13.0. The van der Waals surface area contributed by atoms with Gasteiger partial charge in [0.05, 0.1) is 17.1 Å². The Hall–Kier alpha value is -1.79. The number of likely N-dealkylation sites (tertiary alicyclic amines) is 1. The topological polar surface area (TPSA) is 45.2 Å². The van der Waals surface area contributed by atoms with Crippen molar-refractivity contribution in [2.24, 2.45) is 0 Å². The van der Waals surface area contributed by atoms with Gasteiger partial charge in [-0.25, -0.2) is 9.37 Å². The minimum absolute atomic E-state index is 0.174. The maximum atomic E-state index is 13.0. The minimum atomic E-state index is -0.227. The minimum Gasteiger partial charge on any atom is -0.341 e. The molecule has 1 aromatic heterocycles. The van der Waals surface area contributed by atoms with E-state index in [0.29, 0.717) is 24.9 Å². The Balaban J connectivity index is 1.35. The summed E-state index contributed by atoms with van der Waals surface area (Å²) in [5.41, 5.74) is 1.87. The third kappa shape index (κ3) is 4.07. The van der Waals surface area contributed by atoms with E-state index >= 15 is 0 Å². The molecule has 4 nitrogen and oxygen atoms in total. The summed E-state index contributed by atoms with van der Waals surface area (Å²) in [5.74, 6) is -0.0530. The van der Waals surface area contributed by atoms with Crippen LogP contribution in [0, 0.1) is 5.82 Å². The molecule has 0 saturated carbocycles. The van der Waals surface area contributed by atoms with Crippen molar-refractivity contribution in [2.45, 2.75) is 44.2 Å². The second-order valence-electron chi connectivity index (χ2n) is 6.98. The number of thiazole rings is 1. The first-order valence-electron chi connectivity index (χ1n) is 8.87. The largest absolute Gasteiger partial charge is 0.341 e. The van der Waals surface area contributed by atoms with Crippen molar-refractivity contribution < 1.29 is 9.18 Å². The van der Waals surface area contributed by atoms with Crippen LogP contribution in [0.4, 0.5) is 4.39 Å². The van der Waals surface area contributed by atoms with Gasteiger partial charge < -0.3 is 10.2 Å². The second kappa shape index (κ2) is 7.22. The van der Waals surface area contributed by atoms with E-state index in [0.717, 1.165) is 35.8 Å². The van der Waals surface area contributed by atoms with E-state index in [4.69, 9.17) is 0 Å². The monoisotopic (exact) mass is 359 g/mol. The Labute approximate surface area is 151 Å². The lowest BCUT2D eigenvalue weighted by atomic mass is 10.1. The standard InChI is InChI=1S/C19H22FN3OS/c20-14-3-1-13(2-4-14)9-18-22-17(12-25-18)10-19(24)23-8-7-15-5-6-16(11-23)21-15/h1-4,12,15-16,21H,5-11H2. The lowest BCUT2D eigenvalue weighted by Crippen LogP contribution is -2.39. The van der Waals surface area contributed by atoms with Crippen molar-refractivity contribution in [2.75, 3.05) is 13.1 Å². The Morgan fingerprint density at radius 3 is 2.88 bits per heavy atom. The molecule has 2 atom stereocenters. The van der Waals surface area contributed by atoms with Gasteiger partial charge in [0.2, 0.25) is 5.91 Å². The summed E-state index contributed by atoms with van der Waals surface area (Å²) in [5, 5.41) is 6.54. The average Bonchev–Trinajstić information content (AvgIpc) is 3.15. The molecule has 1 aromatic carbocycles. The van der Waals surface area contributed by atoms with E-state index < -0.39 is 0 Å². The predicted octanol–water partition coefficient (Wildman–Crippen LogP) is 2.77. The molecule has 0 aliphatic carbocycles. The Morgan fingerprint density at radius 1 is 1.24 bits per heavy atom. The predicted molar refractivity (Wildman–Crippen MR) is 96.2 cm³/mol. The maximum absolute atomic E-state index is 13.0. The van der Waals surface area contributed by atoms with Crippen LogP contribution in [0.25, 0.3) is 0 Å². The molecule has 25 heavy (non-hydrogen) atoms. The number of carbonyl (C=O) groups is 1. The van der Waals surface area contributed by atoms with Crippen molar-refractivity contribution in [1.82, 2.24) is 15.2 Å². The van der Waals surface area contributed by atoms with Gasteiger partial charge in [0, 0.05) is 37.0 Å². The van der Waals surface area contributed by atoms with Gasteiger partial charge in [-0.1, -0.05) is 12.1 Å². The van der Waals surface area contributed by atoms with Crippen molar-refractivity contribution in [3.05, 3.63) is 51.7 Å². The summed E-state index contributed by atoms with van der Waals surface area (Å²) in [6.07, 6.45) is 4.52. The highest BCUT2D eigenvalue weighted by molar-refractivity contribution is 7.09. The number of hydrogen-bond donors (Lipinski definition) is 1. The number of nitrogens with one attached hydrogen (secondary N) is 1. The molecule has 2 saturated heterocycles. The zero-order valence-electron chi connectivity index (χ0n) is 14.1. The van der Waals surface area contributed by atoms with Gasteiger partial charge in [-0.15, -0.1) is 11.3 Å². The molecule has 4 rings (SSSR count). The van der Waals surface area contributed by atoms with Crippen LogP contribution in [0.1, 0.15) is 35.5 Å². The number of rotatable bonds is 4. The Kier molecular flexibility index (Phi) is 4.81. The van der Waals surface area contributed by atoms with Gasteiger partial charge in [-0.3, -0.25) is 4.79 Å². The zero-order chi connectivity index (χ0) is 17.2. The number of aromatic nitrogens is 1. The Bertz CT molecular complexity index is 745. The normalized spacial score (nSPS) is 22.8. The molecule has 2 unspecified atom stereocenters. The van der Waals surface area contributed by atoms with Crippen LogP contribution in [0.5, 0.6) is 0 Å². The molecule has 0 spiro atoms. The summed E-state index contributed by atoms with van der Waals surface area (Å²) in [4.78, 5) is 19.2. The molecular weight excluding hydrogens is 337 g/mol. The molecule has 6 heteroatoms. The molecule has 0 radical (unpaired) electrons. The SMILES string of the molecule is O=C(Cc1csc(Cc2ccc(F)cc2)n1)N1CCC2CCC(C1)N2. The lowest BCUT2D eigenvalue weighted by molar-refractivity contribution is -0.130. The fourth-order valence-corrected chi connectivity index (χ4v) is 4.55. The van der Waals surface area contributed by atoms with Gasteiger partial charge in [-0.2, -0.15) is 0 Å². The smallest absolute Gasteiger partial charge is 0.228 e. The molecule has 2 aliphatic rings. The van der Waals surface area contributed by atoms with E-state index in [1.54, 1.807) is 23.5 Å². The van der Waals surface area contributed by atoms with Crippen LogP contribution in [0.2, 0.25) is 0 Å². The van der Waals surface area contributed by atoms with Crippen LogP contribution in [-0.2, 0) is 17.6 Å². The van der Waals surface area contributed by atoms with E-state index in [1.165, 1.54) is 25.0 Å². The first-order chi connectivity index (χ1) is 12.2. The number of carbonyl (C=O) groups excluding carboxylic acids is 1. The van der Waals surface area contributed by atoms with Gasteiger partial charge in [0.25, 0.3) is 0 Å². The van der Waals surface area contributed by atoms with Crippen LogP contribution in [0.15, 0.2) is 29.6 Å². The summed E-state index contributed by atoms with van der Waals surface area (Å²) in [7, 11) is 0. The molecule has 1 amide bonds. The van der Waals surface area contributed by atoms with Crippen LogP contribution in [0.3, 0.4) is 0 Å². The van der Waals surface area contributed by atoms with Crippen molar-refractivity contribution in [1.29, 1.82) is 0 Å². The highest BCUT2D eigenvalue weighted by atomic mass is 32.1. The van der Waals surface area contributed by atoms with Crippen LogP contribution in [-0.4, -0.2) is 41.0 Å². The molecule has 1 N–H and O–H groups in total. The highest BCUT2D eigenvalue weighted by Crippen LogP contribution is 2.21. The molecule has 2 aromatic rings. The Morgan fingerprint density at radius 2 is 2.04 bits per heavy atom. The maximum Gasteiger partial charge on any atom is 0.228 e. The summed E-state index contributed by atoms with van der Waals surface area (Å²) in [6.45, 7) is 1.67.